The van der Waals surface area contributed by atoms with E-state index in [0.717, 1.165) is 22.0 Å². The second kappa shape index (κ2) is 6.78. The molecule has 6 heteroatoms. The van der Waals surface area contributed by atoms with Gasteiger partial charge < -0.3 is 14.2 Å². The van der Waals surface area contributed by atoms with Crippen molar-refractivity contribution in [2.24, 2.45) is 0 Å². The van der Waals surface area contributed by atoms with Gasteiger partial charge >= 0.3 is 0 Å². The van der Waals surface area contributed by atoms with Crippen molar-refractivity contribution in [2.75, 3.05) is 25.5 Å². The van der Waals surface area contributed by atoms with Crippen molar-refractivity contribution >= 4 is 27.8 Å². The van der Waals surface area contributed by atoms with Crippen molar-refractivity contribution in [3.63, 3.8) is 0 Å². The van der Waals surface area contributed by atoms with Gasteiger partial charge in [0.2, 0.25) is 5.71 Å². The summed E-state index contributed by atoms with van der Waals surface area (Å²) in [4.78, 5) is 7.77. The Morgan fingerprint density at radius 1 is 1.12 bits per heavy atom. The van der Waals surface area contributed by atoms with Crippen LogP contribution in [0.15, 0.2) is 46.3 Å². The highest BCUT2D eigenvalue weighted by Crippen LogP contribution is 2.37. The van der Waals surface area contributed by atoms with Crippen LogP contribution < -0.4 is 4.90 Å². The number of aromatic nitrogens is 1. The standard InChI is InChI=1S/C20H19N5O/c1-5-24(3)16(11-21)17(12-22)25(4)18-13(2)8-9-14-15-7-6-10-23-20(15)26-19(14)18/h6-10H,5H2,1-4H3/b17-16-. The fourth-order valence-corrected chi connectivity index (χ4v) is 3.05. The monoisotopic (exact) mass is 345 g/mol. The average Bonchev–Trinajstić information content (AvgIpc) is 3.03. The largest absolute Gasteiger partial charge is 0.435 e. The summed E-state index contributed by atoms with van der Waals surface area (Å²) in [6, 6.07) is 12.1. The summed E-state index contributed by atoms with van der Waals surface area (Å²) in [6.07, 6.45) is 1.69. The maximum Gasteiger partial charge on any atom is 0.227 e. The Bertz CT molecular complexity index is 1100. The van der Waals surface area contributed by atoms with Gasteiger partial charge in [-0.25, -0.2) is 4.98 Å². The van der Waals surface area contributed by atoms with Crippen LogP contribution in [0.25, 0.3) is 22.1 Å². The number of rotatable bonds is 4. The maximum absolute atomic E-state index is 9.74. The molecule has 130 valence electrons. The Kier molecular flexibility index (Phi) is 4.51. The molecule has 3 aromatic rings. The van der Waals surface area contributed by atoms with Crippen molar-refractivity contribution in [3.8, 4) is 12.1 Å². The minimum Gasteiger partial charge on any atom is -0.435 e. The van der Waals surface area contributed by atoms with Crippen LogP contribution in [0.4, 0.5) is 5.69 Å². The van der Waals surface area contributed by atoms with Crippen molar-refractivity contribution < 1.29 is 4.42 Å². The number of hydrogen-bond acceptors (Lipinski definition) is 6. The molecular weight excluding hydrogens is 326 g/mol. The lowest BCUT2D eigenvalue weighted by atomic mass is 10.1. The number of furan rings is 1. The number of nitriles is 2. The van der Waals surface area contributed by atoms with E-state index in [0.29, 0.717) is 23.5 Å². The summed E-state index contributed by atoms with van der Waals surface area (Å²) in [7, 11) is 3.57. The first-order chi connectivity index (χ1) is 12.5. The number of allylic oxidation sites excluding steroid dienone is 2. The molecule has 0 N–H and O–H groups in total. The molecular formula is C20H19N5O. The average molecular weight is 345 g/mol. The Morgan fingerprint density at radius 3 is 2.50 bits per heavy atom. The summed E-state index contributed by atoms with van der Waals surface area (Å²) >= 11 is 0. The molecule has 0 radical (unpaired) electrons. The third kappa shape index (κ3) is 2.62. The summed E-state index contributed by atoms with van der Waals surface area (Å²) in [5.74, 6) is 0. The number of aryl methyl sites for hydroxylation is 1. The van der Waals surface area contributed by atoms with Gasteiger partial charge in [0.25, 0.3) is 0 Å². The zero-order chi connectivity index (χ0) is 18.8. The van der Waals surface area contributed by atoms with Gasteiger partial charge in [-0.2, -0.15) is 10.5 Å². The van der Waals surface area contributed by atoms with Crippen LogP contribution in [-0.4, -0.2) is 30.5 Å². The highest BCUT2D eigenvalue weighted by Gasteiger charge is 2.22. The van der Waals surface area contributed by atoms with E-state index in [9.17, 15) is 10.5 Å². The molecule has 0 fully saturated rings. The van der Waals surface area contributed by atoms with Gasteiger partial charge in [0.1, 0.15) is 12.1 Å². The molecule has 0 aliphatic rings. The van der Waals surface area contributed by atoms with Crippen molar-refractivity contribution in [1.82, 2.24) is 9.88 Å². The third-order valence-corrected chi connectivity index (χ3v) is 4.56. The number of pyridine rings is 1. The predicted octanol–water partition coefficient (Wildman–Crippen LogP) is 3.94. The topological polar surface area (TPSA) is 80.1 Å². The Morgan fingerprint density at radius 2 is 1.85 bits per heavy atom. The van der Waals surface area contributed by atoms with E-state index in [2.05, 4.69) is 17.1 Å². The first-order valence-electron chi connectivity index (χ1n) is 8.29. The molecule has 0 saturated heterocycles. The molecule has 3 rings (SSSR count). The number of benzene rings is 1. The SMILES string of the molecule is CCN(C)/C(C#N)=C(/C#N)N(C)c1c(C)ccc2c1oc1ncccc12. The van der Waals surface area contributed by atoms with E-state index in [-0.39, 0.29) is 5.70 Å². The fraction of sp³-hybridized carbons (Fsp3) is 0.250. The first-order valence-corrected chi connectivity index (χ1v) is 8.29. The minimum atomic E-state index is 0.279. The summed E-state index contributed by atoms with van der Waals surface area (Å²) in [5.41, 5.74) is 3.52. The predicted molar refractivity (Wildman–Crippen MR) is 101 cm³/mol. The number of hydrogen-bond donors (Lipinski definition) is 0. The van der Waals surface area contributed by atoms with E-state index < -0.39 is 0 Å². The van der Waals surface area contributed by atoms with Crippen LogP contribution in [0.5, 0.6) is 0 Å². The van der Waals surface area contributed by atoms with Gasteiger partial charge in [0, 0.05) is 37.6 Å². The van der Waals surface area contributed by atoms with Crippen molar-refractivity contribution in [1.29, 1.82) is 10.5 Å². The molecule has 2 heterocycles. The van der Waals surface area contributed by atoms with Crippen molar-refractivity contribution in [2.45, 2.75) is 13.8 Å². The number of fused-ring (bicyclic) bond motifs is 3. The lowest BCUT2D eigenvalue weighted by molar-refractivity contribution is 0.454. The normalized spacial score (nSPS) is 11.8. The highest BCUT2D eigenvalue weighted by molar-refractivity contribution is 6.08. The summed E-state index contributed by atoms with van der Waals surface area (Å²) < 4.78 is 6.00. The van der Waals surface area contributed by atoms with Crippen LogP contribution in [0, 0.1) is 29.6 Å². The van der Waals surface area contributed by atoms with Crippen molar-refractivity contribution in [3.05, 3.63) is 47.4 Å². The van der Waals surface area contributed by atoms with E-state index in [1.807, 2.05) is 38.1 Å². The van der Waals surface area contributed by atoms with E-state index in [1.165, 1.54) is 0 Å². The quantitative estimate of drug-likeness (QED) is 0.666. The molecule has 6 nitrogen and oxygen atoms in total. The molecule has 0 atom stereocenters. The summed E-state index contributed by atoms with van der Waals surface area (Å²) in [5, 5.41) is 21.2. The van der Waals surface area contributed by atoms with Crippen LogP contribution >= 0.6 is 0 Å². The van der Waals surface area contributed by atoms with Crippen LogP contribution in [0.3, 0.4) is 0 Å². The van der Waals surface area contributed by atoms with E-state index >= 15 is 0 Å². The lowest BCUT2D eigenvalue weighted by Gasteiger charge is -2.24. The molecule has 0 aliphatic carbocycles. The molecule has 0 bridgehead atoms. The molecule has 2 aromatic heterocycles. The highest BCUT2D eigenvalue weighted by atomic mass is 16.3. The molecule has 0 unspecified atom stereocenters. The zero-order valence-corrected chi connectivity index (χ0v) is 15.2. The molecule has 0 aliphatic heterocycles. The Hall–Kier alpha value is -3.51. The zero-order valence-electron chi connectivity index (χ0n) is 15.2. The van der Waals surface area contributed by atoms with Gasteiger partial charge in [0.15, 0.2) is 17.0 Å². The van der Waals surface area contributed by atoms with Crippen LogP contribution in [-0.2, 0) is 0 Å². The minimum absolute atomic E-state index is 0.279. The second-order valence-electron chi connectivity index (χ2n) is 6.06. The Labute approximate surface area is 152 Å². The molecule has 26 heavy (non-hydrogen) atoms. The third-order valence-electron chi connectivity index (χ3n) is 4.56. The van der Waals surface area contributed by atoms with Gasteiger partial charge in [-0.05, 0) is 31.5 Å². The van der Waals surface area contributed by atoms with Crippen LogP contribution in [0.1, 0.15) is 12.5 Å². The summed E-state index contributed by atoms with van der Waals surface area (Å²) in [6.45, 7) is 4.51. The van der Waals surface area contributed by atoms with Gasteiger partial charge in [0.05, 0.1) is 5.69 Å². The second-order valence-corrected chi connectivity index (χ2v) is 6.06. The lowest BCUT2D eigenvalue weighted by Crippen LogP contribution is -2.25. The molecule has 0 spiro atoms. The van der Waals surface area contributed by atoms with E-state index in [1.54, 1.807) is 30.1 Å². The first kappa shape index (κ1) is 17.3. The Balaban J connectivity index is 2.30. The van der Waals surface area contributed by atoms with Gasteiger partial charge in [-0.15, -0.1) is 0 Å². The fourth-order valence-electron chi connectivity index (χ4n) is 3.05. The molecule has 0 amide bonds. The molecule has 1 aromatic carbocycles. The van der Waals surface area contributed by atoms with Crippen LogP contribution in [0.2, 0.25) is 0 Å². The van der Waals surface area contributed by atoms with E-state index in [4.69, 9.17) is 4.42 Å². The van der Waals surface area contributed by atoms with Gasteiger partial charge in [-0.1, -0.05) is 12.1 Å². The van der Waals surface area contributed by atoms with Gasteiger partial charge in [-0.3, -0.25) is 0 Å². The maximum atomic E-state index is 9.74. The number of nitrogens with zero attached hydrogens (tertiary/aromatic N) is 5. The number of anilines is 1. The smallest absolute Gasteiger partial charge is 0.227 e. The molecule has 0 saturated carbocycles.